The van der Waals surface area contributed by atoms with Crippen molar-refractivity contribution in [3.8, 4) is 17.2 Å². The van der Waals surface area contributed by atoms with E-state index in [9.17, 15) is 14.7 Å². The molecule has 1 heterocycles. The van der Waals surface area contributed by atoms with E-state index in [1.807, 2.05) is 97.9 Å². The summed E-state index contributed by atoms with van der Waals surface area (Å²) in [5.74, 6) is 0.527. The molecule has 2 unspecified atom stereocenters. The number of hydrogen-bond donors (Lipinski definition) is 2. The Balaban J connectivity index is 1.30. The number of hydrogen-bond acceptors (Lipinski definition) is 6. The van der Waals surface area contributed by atoms with Crippen molar-refractivity contribution in [2.24, 2.45) is 0 Å². The van der Waals surface area contributed by atoms with E-state index in [-0.39, 0.29) is 22.6 Å². The van der Waals surface area contributed by atoms with Crippen molar-refractivity contribution in [1.82, 2.24) is 4.48 Å². The summed E-state index contributed by atoms with van der Waals surface area (Å²) < 4.78 is 17.6. The van der Waals surface area contributed by atoms with Crippen LogP contribution in [0, 0.1) is 0 Å². The van der Waals surface area contributed by atoms with Gasteiger partial charge >= 0.3 is 11.9 Å². The van der Waals surface area contributed by atoms with E-state index < -0.39 is 12.0 Å². The molecule has 0 aromatic heterocycles. The minimum atomic E-state index is -1.07. The molecule has 0 saturated carbocycles. The van der Waals surface area contributed by atoms with Crippen molar-refractivity contribution >= 4 is 51.2 Å². The SMILES string of the molecule is COc1ccc(C(=O)O)cc1NC(=S)C(C)[N+]1(C(=O)COc2ccc3ccccc3c2)CCc2cc(OCc3ccccc3)ccc21. The number of aromatic carboxylic acids is 1. The third kappa shape index (κ3) is 6.54. The van der Waals surface area contributed by atoms with Gasteiger partial charge in [-0.05, 0) is 65.7 Å². The van der Waals surface area contributed by atoms with Gasteiger partial charge < -0.3 is 24.6 Å². The lowest BCUT2D eigenvalue weighted by molar-refractivity contribution is -0.132. The Morgan fingerprint density at radius 2 is 1.60 bits per heavy atom. The van der Waals surface area contributed by atoms with E-state index >= 15 is 0 Å². The van der Waals surface area contributed by atoms with E-state index in [1.165, 1.54) is 19.2 Å². The second kappa shape index (κ2) is 13.6. The summed E-state index contributed by atoms with van der Waals surface area (Å²) in [7, 11) is 1.50. The number of carbonyl (C=O) groups is 2. The lowest BCUT2D eigenvalue weighted by atomic mass is 10.1. The lowest BCUT2D eigenvalue weighted by Gasteiger charge is -2.37. The quantitative estimate of drug-likeness (QED) is 0.113. The van der Waals surface area contributed by atoms with E-state index in [2.05, 4.69) is 5.32 Å². The average Bonchev–Trinajstić information content (AvgIpc) is 3.49. The first-order valence-electron chi connectivity index (χ1n) is 15.3. The fourth-order valence-electron chi connectivity index (χ4n) is 6.17. The number of benzene rings is 5. The lowest BCUT2D eigenvalue weighted by Crippen LogP contribution is -2.63. The van der Waals surface area contributed by atoms with Gasteiger partial charge in [0.25, 0.3) is 0 Å². The number of ether oxygens (including phenoxy) is 3. The van der Waals surface area contributed by atoms with Gasteiger partial charge in [0.1, 0.15) is 40.6 Å². The summed E-state index contributed by atoms with van der Waals surface area (Å²) in [6.45, 7) is 2.63. The van der Waals surface area contributed by atoms with Gasteiger partial charge in [0.05, 0.1) is 24.9 Å². The zero-order valence-corrected chi connectivity index (χ0v) is 27.0. The molecule has 1 aliphatic rings. The first-order valence-corrected chi connectivity index (χ1v) is 15.7. The van der Waals surface area contributed by atoms with Crippen LogP contribution in [-0.4, -0.2) is 48.3 Å². The summed E-state index contributed by atoms with van der Waals surface area (Å²) in [5, 5.41) is 14.9. The maximum absolute atomic E-state index is 14.5. The number of quaternary nitrogens is 1. The number of nitrogens with zero attached hydrogens (tertiary/aromatic N) is 1. The molecular formula is C38H35N2O6S+. The minimum absolute atomic E-state index is 0.0748. The fourth-order valence-corrected chi connectivity index (χ4v) is 6.46. The van der Waals surface area contributed by atoms with Crippen molar-refractivity contribution in [3.63, 3.8) is 0 Å². The van der Waals surface area contributed by atoms with Crippen molar-refractivity contribution in [2.75, 3.05) is 25.6 Å². The largest absolute Gasteiger partial charge is 0.495 e. The third-order valence-corrected chi connectivity index (χ3v) is 9.18. The van der Waals surface area contributed by atoms with Crippen LogP contribution in [0.4, 0.5) is 11.4 Å². The van der Waals surface area contributed by atoms with Gasteiger partial charge in [0, 0.05) is 18.1 Å². The number of anilines is 1. The minimum Gasteiger partial charge on any atom is -0.495 e. The molecule has 1 amide bonds. The van der Waals surface area contributed by atoms with Crippen LogP contribution in [0.25, 0.3) is 10.8 Å². The Morgan fingerprint density at radius 3 is 2.36 bits per heavy atom. The number of methoxy groups -OCH3 is 1. The first-order chi connectivity index (χ1) is 22.8. The highest BCUT2D eigenvalue weighted by atomic mass is 32.1. The highest BCUT2D eigenvalue weighted by Crippen LogP contribution is 2.41. The van der Waals surface area contributed by atoms with Crippen LogP contribution in [0.5, 0.6) is 17.2 Å². The van der Waals surface area contributed by atoms with Gasteiger partial charge in [-0.2, -0.15) is 0 Å². The first kappa shape index (κ1) is 31.7. The van der Waals surface area contributed by atoms with Gasteiger partial charge in [-0.25, -0.2) is 14.1 Å². The van der Waals surface area contributed by atoms with Crippen LogP contribution >= 0.6 is 12.2 Å². The van der Waals surface area contributed by atoms with Crippen LogP contribution < -0.4 is 24.0 Å². The molecule has 5 aromatic carbocycles. The zero-order chi connectivity index (χ0) is 33.0. The summed E-state index contributed by atoms with van der Waals surface area (Å²) in [6, 6.07) is 33.5. The normalized spacial score (nSPS) is 15.8. The number of nitrogens with one attached hydrogen (secondary N) is 1. The van der Waals surface area contributed by atoms with Gasteiger partial charge in [0.15, 0.2) is 0 Å². The van der Waals surface area contributed by atoms with E-state index in [0.717, 1.165) is 33.3 Å². The Kier molecular flexibility index (Phi) is 9.19. The number of fused-ring (bicyclic) bond motifs is 2. The second-order valence-electron chi connectivity index (χ2n) is 11.5. The molecule has 8 nitrogen and oxygen atoms in total. The molecule has 6 rings (SSSR count). The summed E-state index contributed by atoms with van der Waals surface area (Å²) in [5.41, 5.74) is 3.38. The maximum atomic E-state index is 14.5. The van der Waals surface area contributed by atoms with Gasteiger partial charge in [-0.15, -0.1) is 0 Å². The molecule has 2 N–H and O–H groups in total. The summed E-state index contributed by atoms with van der Waals surface area (Å²) in [6.07, 6.45) is 0.629. The van der Waals surface area contributed by atoms with Crippen molar-refractivity contribution in [1.29, 1.82) is 0 Å². The Labute approximate surface area is 278 Å². The molecular weight excluding hydrogens is 612 g/mol. The van der Waals surface area contributed by atoms with Crippen LogP contribution in [0.15, 0.2) is 109 Å². The molecule has 0 fully saturated rings. The van der Waals surface area contributed by atoms with Gasteiger partial charge in [-0.1, -0.05) is 72.9 Å². The van der Waals surface area contributed by atoms with Crippen LogP contribution in [0.1, 0.15) is 28.4 Å². The molecule has 0 aliphatic carbocycles. The number of rotatable bonds is 11. The molecule has 9 heteroatoms. The van der Waals surface area contributed by atoms with Crippen LogP contribution in [0.2, 0.25) is 0 Å². The molecule has 0 saturated heterocycles. The maximum Gasteiger partial charge on any atom is 0.356 e. The van der Waals surface area contributed by atoms with Crippen LogP contribution in [-0.2, 0) is 17.8 Å². The molecule has 0 radical (unpaired) electrons. The molecule has 2 atom stereocenters. The standard InChI is InChI=1S/C38H34N2O6S/c1-25(37(47)39-33-22-30(38(42)43)13-17-35(33)44-2)40(36(41)24-46-31-14-12-27-10-6-7-11-28(27)20-31)19-18-29-21-32(15-16-34(29)40)45-23-26-8-4-3-5-9-26/h3-17,20-22,25H,18-19,23-24H2,1-2H3,(H-,39,42,43,47)/p+1. The number of thiocarbonyl (C=S) groups is 1. The van der Waals surface area contributed by atoms with E-state index in [0.29, 0.717) is 41.7 Å². The van der Waals surface area contributed by atoms with Crippen molar-refractivity contribution in [3.05, 3.63) is 126 Å². The Bertz CT molecular complexity index is 1960. The highest BCUT2D eigenvalue weighted by molar-refractivity contribution is 7.80. The molecule has 47 heavy (non-hydrogen) atoms. The molecule has 238 valence electrons. The predicted molar refractivity (Wildman–Crippen MR) is 188 cm³/mol. The van der Waals surface area contributed by atoms with E-state index in [1.54, 1.807) is 6.07 Å². The number of carboxylic acids is 1. The number of carboxylic acid groups (broad SMARTS) is 1. The highest BCUT2D eigenvalue weighted by Gasteiger charge is 2.51. The smallest absolute Gasteiger partial charge is 0.356 e. The Morgan fingerprint density at radius 1 is 0.872 bits per heavy atom. The third-order valence-electron chi connectivity index (χ3n) is 8.74. The van der Waals surface area contributed by atoms with Gasteiger partial charge in [-0.3, -0.25) is 0 Å². The topological polar surface area (TPSA) is 94.1 Å². The summed E-state index contributed by atoms with van der Waals surface area (Å²) in [4.78, 5) is 26.5. The van der Waals surface area contributed by atoms with Crippen molar-refractivity contribution in [2.45, 2.75) is 26.0 Å². The van der Waals surface area contributed by atoms with E-state index in [4.69, 9.17) is 26.4 Å². The number of amides is 1. The average molecular weight is 648 g/mol. The Hall–Kier alpha value is -5.25. The van der Waals surface area contributed by atoms with Gasteiger partial charge in [0.2, 0.25) is 6.61 Å². The predicted octanol–water partition coefficient (Wildman–Crippen LogP) is 7.42. The van der Waals surface area contributed by atoms with Crippen LogP contribution in [0.3, 0.4) is 0 Å². The van der Waals surface area contributed by atoms with Crippen molar-refractivity contribution < 1.29 is 28.9 Å². The monoisotopic (exact) mass is 647 g/mol. The fraction of sp³-hybridized carbons (Fsp3) is 0.184. The zero-order valence-electron chi connectivity index (χ0n) is 26.1. The molecule has 5 aromatic rings. The molecule has 1 aliphatic heterocycles. The molecule has 0 bridgehead atoms. The molecule has 0 spiro atoms. The number of carbonyl (C=O) groups excluding carboxylic acids is 1. The second-order valence-corrected chi connectivity index (χ2v) is 11.9. The summed E-state index contributed by atoms with van der Waals surface area (Å²) >= 11 is 5.94.